The van der Waals surface area contributed by atoms with Crippen molar-refractivity contribution in [1.29, 1.82) is 0 Å². The predicted molar refractivity (Wildman–Crippen MR) is 113 cm³/mol. The first kappa shape index (κ1) is 22.0. The second kappa shape index (κ2) is 8.55. The molecule has 4 heterocycles. The highest BCUT2D eigenvalue weighted by molar-refractivity contribution is 6.07. The summed E-state index contributed by atoms with van der Waals surface area (Å²) >= 11 is 0. The van der Waals surface area contributed by atoms with Crippen molar-refractivity contribution in [2.45, 2.75) is 6.54 Å². The first-order valence-electron chi connectivity index (χ1n) is 7.39. The molecule has 0 unspecified atom stereocenters. The zero-order chi connectivity index (χ0) is 16.0. The lowest BCUT2D eigenvalue weighted by Crippen LogP contribution is -1.99. The minimum Gasteiger partial charge on any atom is -0.371 e. The molecular weight excluding hydrogens is 397 g/mol. The van der Waals surface area contributed by atoms with Crippen LogP contribution in [0.1, 0.15) is 5.69 Å². The summed E-state index contributed by atoms with van der Waals surface area (Å²) in [4.78, 5) is 17.0. The van der Waals surface area contributed by atoms with Crippen molar-refractivity contribution in [2.75, 3.05) is 12.4 Å². The third-order valence-corrected chi connectivity index (χ3v) is 3.97. The van der Waals surface area contributed by atoms with Gasteiger partial charge in [-0.15, -0.1) is 37.2 Å². The van der Waals surface area contributed by atoms with Gasteiger partial charge >= 0.3 is 0 Å². The number of rotatable bonds is 3. The van der Waals surface area contributed by atoms with Crippen molar-refractivity contribution in [3.8, 4) is 11.4 Å². The van der Waals surface area contributed by atoms with E-state index in [-0.39, 0.29) is 37.2 Å². The maximum Gasteiger partial charge on any atom is 0.156 e. The number of aryl methyl sites for hydroxylation is 1. The van der Waals surface area contributed by atoms with Gasteiger partial charge in [-0.1, -0.05) is 6.07 Å². The van der Waals surface area contributed by atoms with Gasteiger partial charge in [0.1, 0.15) is 11.2 Å². The lowest BCUT2D eigenvalue weighted by Gasteiger charge is -2.02. The van der Waals surface area contributed by atoms with Crippen LogP contribution in [0.25, 0.3) is 33.5 Å². The van der Waals surface area contributed by atoms with Crippen LogP contribution in [0.2, 0.25) is 0 Å². The van der Waals surface area contributed by atoms with Crippen LogP contribution in [0.4, 0.5) is 5.82 Å². The molecule has 0 spiro atoms. The van der Waals surface area contributed by atoms with Gasteiger partial charge in [0.05, 0.1) is 28.9 Å². The Kier molecular flexibility index (Phi) is 7.23. The number of nitrogens with zero attached hydrogens (tertiary/aromatic N) is 4. The molecule has 0 saturated heterocycles. The summed E-state index contributed by atoms with van der Waals surface area (Å²) in [5.74, 6) is 0.755. The molecule has 4 N–H and O–H groups in total. The van der Waals surface area contributed by atoms with Gasteiger partial charge in [-0.05, 0) is 18.2 Å². The van der Waals surface area contributed by atoms with Crippen molar-refractivity contribution in [2.24, 2.45) is 12.8 Å². The van der Waals surface area contributed by atoms with Crippen LogP contribution in [0.5, 0.6) is 0 Å². The number of anilines is 1. The number of aromatic nitrogens is 5. The summed E-state index contributed by atoms with van der Waals surface area (Å²) in [6.45, 7) is 0.419. The van der Waals surface area contributed by atoms with Gasteiger partial charge in [0.15, 0.2) is 5.82 Å². The molecule has 7 nitrogen and oxygen atoms in total. The summed E-state index contributed by atoms with van der Waals surface area (Å²) in [5.41, 5.74) is 11.0. The van der Waals surface area contributed by atoms with Crippen LogP contribution in [0.3, 0.4) is 0 Å². The number of nitrogens with two attached hydrogens (primary N) is 1. The first-order chi connectivity index (χ1) is 11.2. The van der Waals surface area contributed by atoms with E-state index in [1.54, 1.807) is 6.33 Å². The average Bonchev–Trinajstić information content (AvgIpc) is 3.17. The van der Waals surface area contributed by atoms with Crippen molar-refractivity contribution < 1.29 is 0 Å². The van der Waals surface area contributed by atoms with Crippen LogP contribution in [0.15, 0.2) is 30.6 Å². The molecule has 140 valence electrons. The van der Waals surface area contributed by atoms with Gasteiger partial charge < -0.3 is 20.6 Å². The Balaban J connectivity index is 0.00000113. The van der Waals surface area contributed by atoms with Gasteiger partial charge in [-0.3, -0.25) is 0 Å². The molecule has 0 bridgehead atoms. The fourth-order valence-electron chi connectivity index (χ4n) is 2.85. The van der Waals surface area contributed by atoms with Crippen molar-refractivity contribution >= 4 is 65.1 Å². The minimum absolute atomic E-state index is 0. The number of imidazole rings is 1. The third kappa shape index (κ3) is 3.43. The minimum atomic E-state index is 0. The van der Waals surface area contributed by atoms with Crippen LogP contribution in [-0.2, 0) is 13.6 Å². The van der Waals surface area contributed by atoms with Gasteiger partial charge in [-0.2, -0.15) is 0 Å². The van der Waals surface area contributed by atoms with E-state index in [4.69, 9.17) is 5.73 Å². The van der Waals surface area contributed by atoms with E-state index in [1.165, 1.54) is 0 Å². The number of pyridine rings is 2. The zero-order valence-corrected chi connectivity index (χ0v) is 16.6. The topological polar surface area (TPSA) is 97.4 Å². The Morgan fingerprint density at radius 2 is 1.96 bits per heavy atom. The molecule has 4 aromatic rings. The number of fused-ring (bicyclic) bond motifs is 3. The van der Waals surface area contributed by atoms with Crippen molar-refractivity contribution in [1.82, 2.24) is 24.5 Å². The normalized spacial score (nSPS) is 10.1. The summed E-state index contributed by atoms with van der Waals surface area (Å²) < 4.78 is 2.00. The summed E-state index contributed by atoms with van der Waals surface area (Å²) in [5, 5.41) is 4.13. The third-order valence-electron chi connectivity index (χ3n) is 3.97. The maximum atomic E-state index is 5.69. The Labute approximate surface area is 169 Å². The molecule has 10 heteroatoms. The average molecular weight is 417 g/mol. The van der Waals surface area contributed by atoms with Crippen LogP contribution in [0, 0.1) is 0 Å². The predicted octanol–water partition coefficient (Wildman–Crippen LogP) is 3.28. The summed E-state index contributed by atoms with van der Waals surface area (Å²) in [6.07, 6.45) is 1.80. The molecule has 0 atom stereocenters. The Hall–Kier alpha value is -2.06. The van der Waals surface area contributed by atoms with Gasteiger partial charge in [0, 0.05) is 26.0 Å². The molecule has 4 aromatic heterocycles. The summed E-state index contributed by atoms with van der Waals surface area (Å²) in [6, 6.07) is 7.91. The number of hydrogen-bond donors (Lipinski definition) is 3. The Bertz CT molecular complexity index is 1030. The fraction of sp³-hybridized carbons (Fsp3) is 0.188. The second-order valence-corrected chi connectivity index (χ2v) is 5.43. The SMILES string of the molecule is CNc1nc2[nH]c(-c3cccc(CN)n3)cc2c2c1ncn2C.Cl.Cl.Cl. The van der Waals surface area contributed by atoms with Crippen molar-refractivity contribution in [3.05, 3.63) is 36.3 Å². The van der Waals surface area contributed by atoms with E-state index in [2.05, 4.69) is 31.3 Å². The molecule has 0 amide bonds. The zero-order valence-electron chi connectivity index (χ0n) is 14.2. The standard InChI is InChI=1S/C16H17N7.3ClH/c1-18-16-13-14(23(2)8-19-13)10-6-12(21-15(10)22-16)11-5-3-4-9(7-17)20-11;;;/h3-6,8H,7,17H2,1-2H3,(H2,18,21,22);3*1H. The van der Waals surface area contributed by atoms with Gasteiger partial charge in [0.25, 0.3) is 0 Å². The molecule has 0 aliphatic carbocycles. The van der Waals surface area contributed by atoms with E-state index in [0.29, 0.717) is 6.54 Å². The number of hydrogen-bond acceptors (Lipinski definition) is 5. The molecule has 0 fully saturated rings. The van der Waals surface area contributed by atoms with E-state index >= 15 is 0 Å². The highest BCUT2D eigenvalue weighted by Crippen LogP contribution is 2.31. The van der Waals surface area contributed by atoms with Gasteiger partial charge in [0.2, 0.25) is 0 Å². The number of halogens is 3. The van der Waals surface area contributed by atoms with E-state index in [0.717, 1.165) is 45.0 Å². The molecule has 0 saturated carbocycles. The number of aromatic amines is 1. The Morgan fingerprint density at radius 3 is 2.65 bits per heavy atom. The smallest absolute Gasteiger partial charge is 0.156 e. The first-order valence-corrected chi connectivity index (χ1v) is 7.39. The van der Waals surface area contributed by atoms with Crippen LogP contribution >= 0.6 is 37.2 Å². The molecule has 0 aliphatic heterocycles. The fourth-order valence-corrected chi connectivity index (χ4v) is 2.85. The molecule has 4 rings (SSSR count). The van der Waals surface area contributed by atoms with E-state index < -0.39 is 0 Å². The van der Waals surface area contributed by atoms with Crippen LogP contribution in [-0.4, -0.2) is 31.6 Å². The number of nitrogens with one attached hydrogen (secondary N) is 2. The molecule has 0 radical (unpaired) electrons. The highest BCUT2D eigenvalue weighted by atomic mass is 35.5. The summed E-state index contributed by atoms with van der Waals surface area (Å²) in [7, 11) is 3.83. The molecule has 0 aromatic carbocycles. The molecule has 26 heavy (non-hydrogen) atoms. The Morgan fingerprint density at radius 1 is 1.19 bits per heavy atom. The van der Waals surface area contributed by atoms with Crippen LogP contribution < -0.4 is 11.1 Å². The maximum absolute atomic E-state index is 5.69. The number of H-pyrrole nitrogens is 1. The lowest BCUT2D eigenvalue weighted by molar-refractivity contribution is 0.951. The lowest BCUT2D eigenvalue weighted by atomic mass is 10.2. The second-order valence-electron chi connectivity index (χ2n) is 5.43. The highest BCUT2D eigenvalue weighted by Gasteiger charge is 2.15. The van der Waals surface area contributed by atoms with E-state index in [1.807, 2.05) is 36.9 Å². The van der Waals surface area contributed by atoms with E-state index in [9.17, 15) is 0 Å². The monoisotopic (exact) mass is 415 g/mol. The van der Waals surface area contributed by atoms with Crippen molar-refractivity contribution in [3.63, 3.8) is 0 Å². The molecular formula is C16H20Cl3N7. The largest absolute Gasteiger partial charge is 0.371 e. The molecule has 0 aliphatic rings. The van der Waals surface area contributed by atoms with Gasteiger partial charge in [-0.25, -0.2) is 15.0 Å². The quantitative estimate of drug-likeness (QED) is 0.476.